The van der Waals surface area contributed by atoms with E-state index in [-0.39, 0.29) is 17.5 Å². The first kappa shape index (κ1) is 14.3. The van der Waals surface area contributed by atoms with Gasteiger partial charge < -0.3 is 5.32 Å². The van der Waals surface area contributed by atoms with E-state index in [4.69, 9.17) is 0 Å². The Morgan fingerprint density at radius 3 is 2.65 bits per heavy atom. The molecular weight excluding hydrogens is 248 g/mol. The van der Waals surface area contributed by atoms with Crippen LogP contribution in [0.5, 0.6) is 0 Å². The standard InChI is InChI=1S/C17H20N2O/c1-13-7-5-6-10-16(13)19-17(20)15(12-18)11-14-8-3-2-4-9-14/h2-4,8-9,11,13,16H,5-7,10H2,1H3,(H,19,20)/b15-11+/t13-,16-/m0/s1. The summed E-state index contributed by atoms with van der Waals surface area (Å²) in [5, 5.41) is 12.2. The summed E-state index contributed by atoms with van der Waals surface area (Å²) in [6.07, 6.45) is 6.19. The van der Waals surface area contributed by atoms with Crippen molar-refractivity contribution in [3.8, 4) is 6.07 Å². The van der Waals surface area contributed by atoms with Gasteiger partial charge in [-0.05, 0) is 30.4 Å². The number of rotatable bonds is 3. The Kier molecular flexibility index (Phi) is 4.95. The maximum absolute atomic E-state index is 12.2. The zero-order valence-corrected chi connectivity index (χ0v) is 11.8. The molecule has 0 spiro atoms. The van der Waals surface area contributed by atoms with Crippen LogP contribution in [-0.2, 0) is 4.79 Å². The molecule has 1 saturated carbocycles. The number of hydrogen-bond donors (Lipinski definition) is 1. The quantitative estimate of drug-likeness (QED) is 0.675. The monoisotopic (exact) mass is 268 g/mol. The Labute approximate surface area is 120 Å². The molecule has 0 aliphatic heterocycles. The second-order valence-corrected chi connectivity index (χ2v) is 5.42. The highest BCUT2D eigenvalue weighted by Crippen LogP contribution is 2.24. The molecule has 1 fully saturated rings. The van der Waals surface area contributed by atoms with Gasteiger partial charge in [-0.1, -0.05) is 50.1 Å². The van der Waals surface area contributed by atoms with Crippen LogP contribution in [0.25, 0.3) is 6.08 Å². The van der Waals surface area contributed by atoms with Gasteiger partial charge in [-0.25, -0.2) is 0 Å². The van der Waals surface area contributed by atoms with Crippen molar-refractivity contribution in [2.75, 3.05) is 0 Å². The molecule has 2 atom stereocenters. The normalized spacial score (nSPS) is 22.9. The van der Waals surface area contributed by atoms with E-state index in [0.29, 0.717) is 5.92 Å². The van der Waals surface area contributed by atoms with Gasteiger partial charge >= 0.3 is 0 Å². The van der Waals surface area contributed by atoms with Gasteiger partial charge in [0.2, 0.25) is 0 Å². The molecule has 0 heterocycles. The van der Waals surface area contributed by atoms with Crippen molar-refractivity contribution >= 4 is 12.0 Å². The molecule has 104 valence electrons. The summed E-state index contributed by atoms with van der Waals surface area (Å²) in [5.41, 5.74) is 1.05. The average Bonchev–Trinajstić information content (AvgIpc) is 2.48. The lowest BCUT2D eigenvalue weighted by molar-refractivity contribution is -0.118. The van der Waals surface area contributed by atoms with Crippen LogP contribution in [0.3, 0.4) is 0 Å². The number of benzene rings is 1. The number of carbonyl (C=O) groups excluding carboxylic acids is 1. The van der Waals surface area contributed by atoms with Crippen LogP contribution in [0.15, 0.2) is 35.9 Å². The Morgan fingerprint density at radius 1 is 1.30 bits per heavy atom. The summed E-state index contributed by atoms with van der Waals surface area (Å²) in [6.45, 7) is 2.16. The minimum absolute atomic E-state index is 0.175. The summed E-state index contributed by atoms with van der Waals surface area (Å²) in [4.78, 5) is 12.2. The molecule has 3 nitrogen and oxygen atoms in total. The minimum atomic E-state index is -0.255. The van der Waals surface area contributed by atoms with Crippen LogP contribution in [0.2, 0.25) is 0 Å². The van der Waals surface area contributed by atoms with Crippen molar-refractivity contribution in [2.24, 2.45) is 5.92 Å². The topological polar surface area (TPSA) is 52.9 Å². The van der Waals surface area contributed by atoms with Crippen molar-refractivity contribution in [3.05, 3.63) is 41.5 Å². The highest BCUT2D eigenvalue weighted by atomic mass is 16.1. The molecule has 0 bridgehead atoms. The van der Waals surface area contributed by atoms with Gasteiger partial charge in [0, 0.05) is 6.04 Å². The Hall–Kier alpha value is -2.08. The van der Waals surface area contributed by atoms with E-state index in [2.05, 4.69) is 12.2 Å². The Balaban J connectivity index is 2.06. The number of nitrogens with one attached hydrogen (secondary N) is 1. The number of nitrogens with zero attached hydrogens (tertiary/aromatic N) is 1. The lowest BCUT2D eigenvalue weighted by Gasteiger charge is -2.29. The first-order valence-electron chi connectivity index (χ1n) is 7.18. The molecule has 1 aromatic carbocycles. The van der Waals surface area contributed by atoms with Crippen molar-refractivity contribution in [3.63, 3.8) is 0 Å². The molecule has 0 aromatic heterocycles. The lowest BCUT2D eigenvalue weighted by atomic mass is 9.86. The van der Waals surface area contributed by atoms with E-state index in [1.165, 1.54) is 6.42 Å². The van der Waals surface area contributed by atoms with E-state index < -0.39 is 0 Å². The van der Waals surface area contributed by atoms with Crippen LogP contribution >= 0.6 is 0 Å². The molecule has 1 amide bonds. The molecule has 0 radical (unpaired) electrons. The first-order chi connectivity index (χ1) is 9.70. The molecule has 1 aliphatic rings. The van der Waals surface area contributed by atoms with Gasteiger partial charge in [-0.2, -0.15) is 5.26 Å². The van der Waals surface area contributed by atoms with E-state index in [9.17, 15) is 10.1 Å². The largest absolute Gasteiger partial charge is 0.348 e. The van der Waals surface area contributed by atoms with E-state index in [0.717, 1.165) is 24.8 Å². The summed E-state index contributed by atoms with van der Waals surface area (Å²) < 4.78 is 0. The number of carbonyl (C=O) groups is 1. The predicted molar refractivity (Wildman–Crippen MR) is 79.6 cm³/mol. The van der Waals surface area contributed by atoms with E-state index in [1.54, 1.807) is 6.08 Å². The van der Waals surface area contributed by atoms with Crippen LogP contribution < -0.4 is 5.32 Å². The zero-order valence-electron chi connectivity index (χ0n) is 11.8. The number of hydrogen-bond acceptors (Lipinski definition) is 2. The summed E-state index contributed by atoms with van der Waals surface area (Å²) in [5.74, 6) is 0.236. The summed E-state index contributed by atoms with van der Waals surface area (Å²) >= 11 is 0. The van der Waals surface area contributed by atoms with Gasteiger partial charge in [0.05, 0.1) is 0 Å². The van der Waals surface area contributed by atoms with E-state index in [1.807, 2.05) is 36.4 Å². The van der Waals surface area contributed by atoms with Crippen molar-refractivity contribution < 1.29 is 4.79 Å². The second-order valence-electron chi connectivity index (χ2n) is 5.42. The highest BCUT2D eigenvalue weighted by Gasteiger charge is 2.23. The number of amides is 1. The van der Waals surface area contributed by atoms with E-state index >= 15 is 0 Å². The third-order valence-corrected chi connectivity index (χ3v) is 3.90. The zero-order chi connectivity index (χ0) is 14.4. The van der Waals surface area contributed by atoms with Gasteiger partial charge in [0.15, 0.2) is 0 Å². The van der Waals surface area contributed by atoms with Gasteiger partial charge in [0.1, 0.15) is 11.6 Å². The minimum Gasteiger partial charge on any atom is -0.348 e. The molecule has 1 aromatic rings. The molecule has 1 N–H and O–H groups in total. The second kappa shape index (κ2) is 6.91. The van der Waals surface area contributed by atoms with Crippen LogP contribution in [-0.4, -0.2) is 11.9 Å². The van der Waals surface area contributed by atoms with Crippen LogP contribution in [0.4, 0.5) is 0 Å². The molecule has 3 heteroatoms. The molecule has 2 rings (SSSR count). The van der Waals surface area contributed by atoms with Gasteiger partial charge in [-0.3, -0.25) is 4.79 Å². The van der Waals surface area contributed by atoms with Gasteiger partial charge in [-0.15, -0.1) is 0 Å². The summed E-state index contributed by atoms with van der Waals surface area (Å²) in [7, 11) is 0. The Morgan fingerprint density at radius 2 is 2.00 bits per heavy atom. The average molecular weight is 268 g/mol. The van der Waals surface area contributed by atoms with Crippen molar-refractivity contribution in [1.82, 2.24) is 5.32 Å². The van der Waals surface area contributed by atoms with Crippen LogP contribution in [0, 0.1) is 17.2 Å². The van der Waals surface area contributed by atoms with Crippen molar-refractivity contribution in [1.29, 1.82) is 5.26 Å². The molecule has 20 heavy (non-hydrogen) atoms. The third kappa shape index (κ3) is 3.71. The molecule has 0 unspecified atom stereocenters. The predicted octanol–water partition coefficient (Wildman–Crippen LogP) is 3.29. The Bertz CT molecular complexity index is 528. The highest BCUT2D eigenvalue weighted by molar-refractivity contribution is 6.01. The SMILES string of the molecule is C[C@H]1CCCC[C@@H]1NC(=O)/C(C#N)=C/c1ccccc1. The maximum atomic E-state index is 12.2. The fourth-order valence-corrected chi connectivity index (χ4v) is 2.64. The molecular formula is C17H20N2O. The maximum Gasteiger partial charge on any atom is 0.262 e. The van der Waals surface area contributed by atoms with Gasteiger partial charge in [0.25, 0.3) is 5.91 Å². The van der Waals surface area contributed by atoms with Crippen LogP contribution in [0.1, 0.15) is 38.2 Å². The molecule has 0 saturated heterocycles. The smallest absolute Gasteiger partial charge is 0.262 e. The lowest BCUT2D eigenvalue weighted by Crippen LogP contribution is -2.41. The number of nitriles is 1. The fraction of sp³-hybridized carbons (Fsp3) is 0.412. The summed E-state index contributed by atoms with van der Waals surface area (Å²) in [6, 6.07) is 11.7. The third-order valence-electron chi connectivity index (χ3n) is 3.90. The fourth-order valence-electron chi connectivity index (χ4n) is 2.64. The van der Waals surface area contributed by atoms with Crippen molar-refractivity contribution in [2.45, 2.75) is 38.6 Å². The first-order valence-corrected chi connectivity index (χ1v) is 7.18. The molecule has 1 aliphatic carbocycles.